The molecule has 0 bridgehead atoms. The van der Waals surface area contributed by atoms with Crippen LogP contribution in [0.1, 0.15) is 88.0 Å². The van der Waals surface area contributed by atoms with Gasteiger partial charge in [0.05, 0.1) is 13.2 Å². The molecule has 0 saturated heterocycles. The van der Waals surface area contributed by atoms with E-state index in [4.69, 9.17) is 4.89 Å². The maximum absolute atomic E-state index is 4.72. The van der Waals surface area contributed by atoms with Gasteiger partial charge in [-0.25, -0.2) is 9.78 Å². The smallest absolute Gasteiger partial charge is 0.0822 e. The Labute approximate surface area is 117 Å². The summed E-state index contributed by atoms with van der Waals surface area (Å²) >= 11 is 0. The molecular weight excluding hydrogens is 224 g/mol. The Hall–Kier alpha value is -0.0800. The van der Waals surface area contributed by atoms with E-state index in [0.29, 0.717) is 6.61 Å². The molecular formula is C16H40O2. The minimum atomic E-state index is 0. The predicted molar refractivity (Wildman–Crippen MR) is 84.9 cm³/mol. The molecule has 0 aliphatic rings. The van der Waals surface area contributed by atoms with Crippen molar-refractivity contribution in [3.63, 3.8) is 0 Å². The first-order chi connectivity index (χ1) is 7.72. The van der Waals surface area contributed by atoms with Gasteiger partial charge >= 0.3 is 0 Å². The van der Waals surface area contributed by atoms with E-state index < -0.39 is 0 Å². The lowest BCUT2D eigenvalue weighted by atomic mass is 10.0. The largest absolute Gasteiger partial charge is 0.237 e. The molecule has 18 heavy (non-hydrogen) atoms. The van der Waals surface area contributed by atoms with Crippen molar-refractivity contribution in [2.45, 2.75) is 88.0 Å². The van der Waals surface area contributed by atoms with Gasteiger partial charge in [0.2, 0.25) is 0 Å². The van der Waals surface area contributed by atoms with Gasteiger partial charge < -0.3 is 0 Å². The average Bonchev–Trinajstić information content (AvgIpc) is 2.32. The Balaban J connectivity index is -0.0000000980. The van der Waals surface area contributed by atoms with Gasteiger partial charge in [0.1, 0.15) is 0 Å². The first kappa shape index (κ1) is 26.5. The van der Waals surface area contributed by atoms with Gasteiger partial charge in [0.15, 0.2) is 0 Å². The van der Waals surface area contributed by atoms with Crippen molar-refractivity contribution in [1.82, 2.24) is 0 Å². The van der Waals surface area contributed by atoms with Crippen molar-refractivity contribution in [3.05, 3.63) is 0 Å². The summed E-state index contributed by atoms with van der Waals surface area (Å²) in [5.74, 6) is 0.954. The normalized spacial score (nSPS) is 10.5. The van der Waals surface area contributed by atoms with Gasteiger partial charge in [0.25, 0.3) is 0 Å². The monoisotopic (exact) mass is 264 g/mol. The lowest BCUT2D eigenvalue weighted by Gasteiger charge is -2.04. The third-order valence-electron chi connectivity index (χ3n) is 2.53. The highest BCUT2D eigenvalue weighted by atomic mass is 17.2. The maximum atomic E-state index is 4.72. The zero-order valence-electron chi connectivity index (χ0n) is 12.1. The number of hydrogen-bond acceptors (Lipinski definition) is 2. The molecule has 0 aromatic heterocycles. The molecule has 0 N–H and O–H groups in total. The Kier molecular flexibility index (Phi) is 37.8. The second-order valence-electron chi connectivity index (χ2n) is 4.24. The van der Waals surface area contributed by atoms with Gasteiger partial charge in [0, 0.05) is 0 Å². The molecule has 0 fully saturated rings. The molecule has 2 nitrogen and oxygen atoms in total. The van der Waals surface area contributed by atoms with Crippen LogP contribution >= 0.6 is 0 Å². The van der Waals surface area contributed by atoms with Gasteiger partial charge in [-0.05, 0) is 19.3 Å². The summed E-state index contributed by atoms with van der Waals surface area (Å²) in [5.41, 5.74) is 0. The van der Waals surface area contributed by atoms with E-state index in [2.05, 4.69) is 32.6 Å². The SMILES string of the molecule is C.C.CCCCC(C)CC.CCCCOOCC. The summed E-state index contributed by atoms with van der Waals surface area (Å²) in [5, 5.41) is 0. The molecule has 0 rings (SSSR count). The molecule has 0 saturated carbocycles. The highest BCUT2D eigenvalue weighted by molar-refractivity contribution is 4.47. The van der Waals surface area contributed by atoms with Crippen molar-refractivity contribution in [3.8, 4) is 0 Å². The summed E-state index contributed by atoms with van der Waals surface area (Å²) in [6.07, 6.45) is 7.78. The van der Waals surface area contributed by atoms with Crippen LogP contribution in [0.2, 0.25) is 0 Å². The molecule has 116 valence electrons. The van der Waals surface area contributed by atoms with Crippen molar-refractivity contribution in [2.24, 2.45) is 5.92 Å². The van der Waals surface area contributed by atoms with Crippen LogP contribution in [0.4, 0.5) is 0 Å². The van der Waals surface area contributed by atoms with Crippen LogP contribution in [0.3, 0.4) is 0 Å². The van der Waals surface area contributed by atoms with E-state index in [1.165, 1.54) is 25.7 Å². The molecule has 1 unspecified atom stereocenters. The molecule has 0 aliphatic carbocycles. The molecule has 0 amide bonds. The Morgan fingerprint density at radius 2 is 1.39 bits per heavy atom. The molecule has 0 heterocycles. The second kappa shape index (κ2) is 25.7. The van der Waals surface area contributed by atoms with Gasteiger partial charge in [-0.2, -0.15) is 0 Å². The van der Waals surface area contributed by atoms with E-state index in [0.717, 1.165) is 25.4 Å². The van der Waals surface area contributed by atoms with Crippen LogP contribution in [0, 0.1) is 5.92 Å². The standard InChI is InChI=1S/C8H18.C6H14O2.2CH4/c1-4-6-7-8(3)5-2;1-3-5-6-8-7-4-2;;/h8H,4-7H2,1-3H3;3-6H2,1-2H3;2*1H4. The van der Waals surface area contributed by atoms with Crippen LogP contribution < -0.4 is 0 Å². The first-order valence-electron chi connectivity index (χ1n) is 6.97. The van der Waals surface area contributed by atoms with Crippen molar-refractivity contribution < 1.29 is 9.78 Å². The minimum absolute atomic E-state index is 0. The molecule has 0 radical (unpaired) electrons. The van der Waals surface area contributed by atoms with E-state index >= 15 is 0 Å². The summed E-state index contributed by atoms with van der Waals surface area (Å²) in [6, 6.07) is 0. The fourth-order valence-corrected chi connectivity index (χ4v) is 1.10. The number of hydrogen-bond donors (Lipinski definition) is 0. The van der Waals surface area contributed by atoms with Crippen LogP contribution in [-0.2, 0) is 9.78 Å². The third-order valence-corrected chi connectivity index (χ3v) is 2.53. The Bertz CT molecular complexity index is 99.3. The van der Waals surface area contributed by atoms with E-state index in [-0.39, 0.29) is 14.9 Å². The highest BCUT2D eigenvalue weighted by Crippen LogP contribution is 2.09. The lowest BCUT2D eigenvalue weighted by Crippen LogP contribution is -1.94. The number of rotatable bonds is 9. The molecule has 0 aliphatic heterocycles. The molecule has 0 spiro atoms. The van der Waals surface area contributed by atoms with Crippen LogP contribution in [0.15, 0.2) is 0 Å². The van der Waals surface area contributed by atoms with Crippen LogP contribution in [-0.4, -0.2) is 13.2 Å². The fraction of sp³-hybridized carbons (Fsp3) is 1.00. The third kappa shape index (κ3) is 29.7. The minimum Gasteiger partial charge on any atom is -0.237 e. The second-order valence-corrected chi connectivity index (χ2v) is 4.24. The van der Waals surface area contributed by atoms with Crippen LogP contribution in [0.5, 0.6) is 0 Å². The van der Waals surface area contributed by atoms with Gasteiger partial charge in [-0.3, -0.25) is 0 Å². The Morgan fingerprint density at radius 3 is 1.78 bits per heavy atom. The average molecular weight is 264 g/mol. The quantitative estimate of drug-likeness (QED) is 0.278. The van der Waals surface area contributed by atoms with Gasteiger partial charge in [-0.1, -0.05) is 74.7 Å². The predicted octanol–water partition coefficient (Wildman–Crippen LogP) is 6.25. The summed E-state index contributed by atoms with van der Waals surface area (Å²) in [7, 11) is 0. The first-order valence-corrected chi connectivity index (χ1v) is 6.97. The van der Waals surface area contributed by atoms with E-state index in [1.807, 2.05) is 6.92 Å². The van der Waals surface area contributed by atoms with Crippen molar-refractivity contribution in [1.29, 1.82) is 0 Å². The Morgan fingerprint density at radius 1 is 0.833 bits per heavy atom. The summed E-state index contributed by atoms with van der Waals surface area (Å²) < 4.78 is 0. The fourth-order valence-electron chi connectivity index (χ4n) is 1.10. The van der Waals surface area contributed by atoms with Crippen molar-refractivity contribution >= 4 is 0 Å². The number of unbranched alkanes of at least 4 members (excludes halogenated alkanes) is 2. The molecule has 2 heteroatoms. The molecule has 1 atom stereocenters. The highest BCUT2D eigenvalue weighted by Gasteiger charge is 1.94. The summed E-state index contributed by atoms with van der Waals surface area (Å²) in [4.78, 5) is 9.36. The van der Waals surface area contributed by atoms with E-state index in [1.54, 1.807) is 0 Å². The zero-order chi connectivity index (χ0) is 12.6. The molecule has 0 aromatic rings. The van der Waals surface area contributed by atoms with Crippen LogP contribution in [0.25, 0.3) is 0 Å². The zero-order valence-corrected chi connectivity index (χ0v) is 12.1. The van der Waals surface area contributed by atoms with Crippen molar-refractivity contribution in [2.75, 3.05) is 13.2 Å². The lowest BCUT2D eigenvalue weighted by molar-refractivity contribution is -0.291. The topological polar surface area (TPSA) is 18.5 Å². The molecule has 0 aromatic carbocycles. The maximum Gasteiger partial charge on any atom is 0.0822 e. The summed E-state index contributed by atoms with van der Waals surface area (Å²) in [6.45, 7) is 12.2. The van der Waals surface area contributed by atoms with E-state index in [9.17, 15) is 0 Å². The van der Waals surface area contributed by atoms with Gasteiger partial charge in [-0.15, -0.1) is 0 Å².